The molecule has 0 aromatic carbocycles. The summed E-state index contributed by atoms with van der Waals surface area (Å²) in [7, 11) is 0. The van der Waals surface area contributed by atoms with Crippen molar-refractivity contribution >= 4 is 5.97 Å². The van der Waals surface area contributed by atoms with Crippen LogP contribution in [0.2, 0.25) is 0 Å². The molecule has 0 bridgehead atoms. The molecule has 16 heavy (non-hydrogen) atoms. The first-order valence-corrected chi connectivity index (χ1v) is 6.25. The summed E-state index contributed by atoms with van der Waals surface area (Å²) in [6.45, 7) is 13.1. The molecular formula is C13H27NO2. The van der Waals surface area contributed by atoms with Gasteiger partial charge in [0.05, 0.1) is 0 Å². The summed E-state index contributed by atoms with van der Waals surface area (Å²) in [5.41, 5.74) is -0.729. The lowest BCUT2D eigenvalue weighted by atomic mass is 9.91. The van der Waals surface area contributed by atoms with Crippen molar-refractivity contribution in [3.8, 4) is 0 Å². The predicted molar refractivity (Wildman–Crippen MR) is 67.6 cm³/mol. The molecule has 3 nitrogen and oxygen atoms in total. The minimum Gasteiger partial charge on any atom is -0.480 e. The van der Waals surface area contributed by atoms with Gasteiger partial charge < -0.3 is 5.11 Å². The smallest absolute Gasteiger partial charge is 0.323 e. The summed E-state index contributed by atoms with van der Waals surface area (Å²) in [6.07, 6.45) is 1.59. The van der Waals surface area contributed by atoms with Gasteiger partial charge in [0.25, 0.3) is 0 Å². The third kappa shape index (κ3) is 3.78. The average Bonchev–Trinajstić information content (AvgIpc) is 2.13. The van der Waals surface area contributed by atoms with E-state index in [4.69, 9.17) is 0 Å². The van der Waals surface area contributed by atoms with Crippen molar-refractivity contribution in [2.24, 2.45) is 5.92 Å². The van der Waals surface area contributed by atoms with Gasteiger partial charge in [-0.3, -0.25) is 9.69 Å². The molecule has 0 amide bonds. The van der Waals surface area contributed by atoms with Crippen molar-refractivity contribution in [1.82, 2.24) is 4.90 Å². The van der Waals surface area contributed by atoms with E-state index in [1.54, 1.807) is 0 Å². The summed E-state index contributed by atoms with van der Waals surface area (Å²) in [5, 5.41) is 9.45. The van der Waals surface area contributed by atoms with Gasteiger partial charge in [-0.2, -0.15) is 0 Å². The number of carboxylic acid groups (broad SMARTS) is 1. The Morgan fingerprint density at radius 2 is 1.81 bits per heavy atom. The number of rotatable bonds is 7. The second kappa shape index (κ2) is 6.24. The fraction of sp³-hybridized carbons (Fsp3) is 0.923. The molecule has 0 spiro atoms. The zero-order chi connectivity index (χ0) is 12.9. The van der Waals surface area contributed by atoms with Crippen LogP contribution in [0.5, 0.6) is 0 Å². The standard InChI is InChI=1S/C13H27NO2/c1-7-8-13(6,12(15)16)14(11(4)5)9-10(2)3/h10-11H,7-9H2,1-6H3,(H,15,16). The van der Waals surface area contributed by atoms with Crippen LogP contribution in [0.3, 0.4) is 0 Å². The van der Waals surface area contributed by atoms with E-state index in [0.717, 1.165) is 13.0 Å². The maximum atomic E-state index is 11.5. The zero-order valence-corrected chi connectivity index (χ0v) is 11.6. The SMILES string of the molecule is CCCC(C)(C(=O)O)N(CC(C)C)C(C)C. The van der Waals surface area contributed by atoms with Crippen LogP contribution in [0.1, 0.15) is 54.4 Å². The van der Waals surface area contributed by atoms with Gasteiger partial charge in [0.15, 0.2) is 0 Å². The molecule has 1 N–H and O–H groups in total. The summed E-state index contributed by atoms with van der Waals surface area (Å²) < 4.78 is 0. The molecule has 1 unspecified atom stereocenters. The van der Waals surface area contributed by atoms with Crippen LogP contribution in [0.15, 0.2) is 0 Å². The van der Waals surface area contributed by atoms with Crippen LogP contribution in [0, 0.1) is 5.92 Å². The van der Waals surface area contributed by atoms with Crippen molar-refractivity contribution in [3.63, 3.8) is 0 Å². The van der Waals surface area contributed by atoms with Crippen LogP contribution in [-0.4, -0.2) is 34.1 Å². The molecule has 0 radical (unpaired) electrons. The normalized spacial score (nSPS) is 15.8. The Labute approximate surface area is 99.8 Å². The molecule has 0 aromatic rings. The highest BCUT2D eigenvalue weighted by Gasteiger charge is 2.39. The summed E-state index contributed by atoms with van der Waals surface area (Å²) in [4.78, 5) is 13.6. The number of nitrogens with zero attached hydrogens (tertiary/aromatic N) is 1. The Morgan fingerprint density at radius 1 is 1.31 bits per heavy atom. The molecule has 0 aliphatic rings. The molecule has 0 aliphatic carbocycles. The molecule has 0 aliphatic heterocycles. The highest BCUT2D eigenvalue weighted by Crippen LogP contribution is 2.25. The van der Waals surface area contributed by atoms with E-state index in [1.165, 1.54) is 0 Å². The molecule has 0 saturated carbocycles. The van der Waals surface area contributed by atoms with Gasteiger partial charge in [0.1, 0.15) is 5.54 Å². The Balaban J connectivity index is 5.01. The fourth-order valence-electron chi connectivity index (χ4n) is 2.24. The highest BCUT2D eigenvalue weighted by molar-refractivity contribution is 5.78. The van der Waals surface area contributed by atoms with Crippen molar-refractivity contribution in [2.45, 2.75) is 66.0 Å². The Bertz CT molecular complexity index is 226. The van der Waals surface area contributed by atoms with E-state index in [9.17, 15) is 9.90 Å². The van der Waals surface area contributed by atoms with E-state index >= 15 is 0 Å². The van der Waals surface area contributed by atoms with E-state index in [0.29, 0.717) is 12.3 Å². The van der Waals surface area contributed by atoms with Crippen LogP contribution in [0.4, 0.5) is 0 Å². The van der Waals surface area contributed by atoms with Gasteiger partial charge in [-0.05, 0) is 33.1 Å². The van der Waals surface area contributed by atoms with E-state index < -0.39 is 11.5 Å². The molecule has 0 aromatic heterocycles. The van der Waals surface area contributed by atoms with Crippen LogP contribution in [-0.2, 0) is 4.79 Å². The summed E-state index contributed by atoms with van der Waals surface area (Å²) in [5.74, 6) is -0.221. The van der Waals surface area contributed by atoms with Crippen molar-refractivity contribution < 1.29 is 9.90 Å². The summed E-state index contributed by atoms with van der Waals surface area (Å²) in [6, 6.07) is 0.259. The largest absolute Gasteiger partial charge is 0.480 e. The quantitative estimate of drug-likeness (QED) is 0.729. The molecule has 0 fully saturated rings. The van der Waals surface area contributed by atoms with Crippen LogP contribution >= 0.6 is 0 Å². The van der Waals surface area contributed by atoms with Crippen molar-refractivity contribution in [3.05, 3.63) is 0 Å². The highest BCUT2D eigenvalue weighted by atomic mass is 16.4. The maximum absolute atomic E-state index is 11.5. The second-order valence-electron chi connectivity index (χ2n) is 5.47. The van der Waals surface area contributed by atoms with Crippen molar-refractivity contribution in [2.75, 3.05) is 6.54 Å². The van der Waals surface area contributed by atoms with E-state index in [1.807, 2.05) is 13.8 Å². The van der Waals surface area contributed by atoms with Gasteiger partial charge in [-0.15, -0.1) is 0 Å². The molecule has 96 valence electrons. The van der Waals surface area contributed by atoms with Gasteiger partial charge in [-0.1, -0.05) is 27.2 Å². The van der Waals surface area contributed by atoms with Crippen LogP contribution in [0.25, 0.3) is 0 Å². The van der Waals surface area contributed by atoms with Gasteiger partial charge in [0, 0.05) is 12.6 Å². The molecule has 0 heterocycles. The first-order valence-electron chi connectivity index (χ1n) is 6.25. The van der Waals surface area contributed by atoms with Crippen LogP contribution < -0.4 is 0 Å². The summed E-state index contributed by atoms with van der Waals surface area (Å²) >= 11 is 0. The molecule has 0 saturated heterocycles. The van der Waals surface area contributed by atoms with Crippen molar-refractivity contribution in [1.29, 1.82) is 0 Å². The minimum absolute atomic E-state index is 0.259. The second-order valence-corrected chi connectivity index (χ2v) is 5.47. The molecule has 3 heteroatoms. The number of carboxylic acids is 1. The lowest BCUT2D eigenvalue weighted by molar-refractivity contribution is -0.153. The predicted octanol–water partition coefficient (Wildman–Crippen LogP) is 3.00. The number of hydrogen-bond donors (Lipinski definition) is 1. The zero-order valence-electron chi connectivity index (χ0n) is 11.6. The van der Waals surface area contributed by atoms with E-state index in [-0.39, 0.29) is 6.04 Å². The lowest BCUT2D eigenvalue weighted by Crippen LogP contribution is -2.56. The molecule has 1 atom stereocenters. The average molecular weight is 229 g/mol. The lowest BCUT2D eigenvalue weighted by Gasteiger charge is -2.41. The Morgan fingerprint density at radius 3 is 2.06 bits per heavy atom. The number of hydrogen-bond acceptors (Lipinski definition) is 2. The first kappa shape index (κ1) is 15.4. The Hall–Kier alpha value is -0.570. The Kier molecular flexibility index (Phi) is 6.01. The monoisotopic (exact) mass is 229 g/mol. The number of carbonyl (C=O) groups is 1. The first-order chi connectivity index (χ1) is 7.25. The molecule has 0 rings (SSSR count). The fourth-order valence-corrected chi connectivity index (χ4v) is 2.24. The maximum Gasteiger partial charge on any atom is 0.323 e. The minimum atomic E-state index is -0.729. The molecular weight excluding hydrogens is 202 g/mol. The van der Waals surface area contributed by atoms with Gasteiger partial charge in [0.2, 0.25) is 0 Å². The van der Waals surface area contributed by atoms with Gasteiger partial charge in [-0.25, -0.2) is 0 Å². The van der Waals surface area contributed by atoms with E-state index in [2.05, 4.69) is 32.6 Å². The third-order valence-corrected chi connectivity index (χ3v) is 3.02. The van der Waals surface area contributed by atoms with Gasteiger partial charge >= 0.3 is 5.97 Å². The number of aliphatic carboxylic acids is 1. The topological polar surface area (TPSA) is 40.5 Å². The third-order valence-electron chi connectivity index (χ3n) is 3.02.